The highest BCUT2D eigenvalue weighted by Gasteiger charge is 2.30. The smallest absolute Gasteiger partial charge is 0.267 e. The van der Waals surface area contributed by atoms with Gasteiger partial charge in [-0.25, -0.2) is 8.42 Å². The van der Waals surface area contributed by atoms with Crippen LogP contribution in [0, 0.1) is 0 Å². The Hall–Kier alpha value is -1.71. The Morgan fingerprint density at radius 3 is 2.50 bits per heavy atom. The Kier molecular flexibility index (Phi) is 5.79. The van der Waals surface area contributed by atoms with Crippen LogP contribution in [0.1, 0.15) is 41.6 Å². The van der Waals surface area contributed by atoms with Gasteiger partial charge in [-0.3, -0.25) is 9.59 Å². The summed E-state index contributed by atoms with van der Waals surface area (Å²) in [5.74, 6) is -0.775. The summed E-state index contributed by atoms with van der Waals surface area (Å²) in [4.78, 5) is 25.9. The molecule has 0 saturated carbocycles. The molecule has 1 fully saturated rings. The zero-order valence-electron chi connectivity index (χ0n) is 14.0. The van der Waals surface area contributed by atoms with Crippen molar-refractivity contribution in [1.82, 2.24) is 14.6 Å². The summed E-state index contributed by atoms with van der Waals surface area (Å²) in [5, 5.41) is 2.55. The molecule has 1 aliphatic heterocycles. The molecule has 0 radical (unpaired) electrons. The quantitative estimate of drug-likeness (QED) is 0.716. The predicted molar refractivity (Wildman–Crippen MR) is 88.5 cm³/mol. The van der Waals surface area contributed by atoms with Crippen molar-refractivity contribution in [1.29, 1.82) is 0 Å². The number of aromatic amines is 1. The molecule has 1 amide bonds. The maximum atomic E-state index is 12.4. The maximum absolute atomic E-state index is 12.4. The topological polar surface area (TPSA) is 109 Å². The molecule has 1 aliphatic rings. The minimum absolute atomic E-state index is 0.00426. The van der Waals surface area contributed by atoms with E-state index < -0.39 is 15.9 Å². The van der Waals surface area contributed by atoms with Crippen LogP contribution in [0.3, 0.4) is 0 Å². The highest BCUT2D eigenvalue weighted by molar-refractivity contribution is 7.89. The van der Waals surface area contributed by atoms with Gasteiger partial charge in [0, 0.05) is 31.4 Å². The van der Waals surface area contributed by atoms with Gasteiger partial charge in [0.2, 0.25) is 10.0 Å². The molecular weight excluding hydrogens is 334 g/mol. The second-order valence-electron chi connectivity index (χ2n) is 6.00. The maximum Gasteiger partial charge on any atom is 0.267 e. The van der Waals surface area contributed by atoms with E-state index in [4.69, 9.17) is 4.74 Å². The number of aromatic nitrogens is 1. The molecule has 0 spiro atoms. The first kappa shape index (κ1) is 18.6. The Morgan fingerprint density at radius 1 is 1.33 bits per heavy atom. The van der Waals surface area contributed by atoms with Crippen molar-refractivity contribution in [3.8, 4) is 0 Å². The molecule has 24 heavy (non-hydrogen) atoms. The van der Waals surface area contributed by atoms with Crippen molar-refractivity contribution in [2.24, 2.45) is 0 Å². The van der Waals surface area contributed by atoms with Crippen LogP contribution in [0.4, 0.5) is 0 Å². The van der Waals surface area contributed by atoms with Crippen LogP contribution in [0.25, 0.3) is 0 Å². The Morgan fingerprint density at radius 2 is 1.96 bits per heavy atom. The van der Waals surface area contributed by atoms with Gasteiger partial charge in [-0.15, -0.1) is 0 Å². The molecule has 9 heteroatoms. The summed E-state index contributed by atoms with van der Waals surface area (Å²) in [7, 11) is -3.46. The average Bonchev–Trinajstić information content (AvgIpc) is 2.96. The van der Waals surface area contributed by atoms with E-state index in [0.717, 1.165) is 0 Å². The zero-order chi connectivity index (χ0) is 17.9. The van der Waals surface area contributed by atoms with Gasteiger partial charge in [-0.2, -0.15) is 4.31 Å². The molecule has 2 unspecified atom stereocenters. The number of carbonyl (C=O) groups excluding carboxylic acids is 2. The number of hydrogen-bond donors (Lipinski definition) is 2. The largest absolute Gasteiger partial charge is 0.373 e. The number of carbonyl (C=O) groups is 2. The number of ketones is 1. The lowest BCUT2D eigenvalue weighted by Gasteiger charge is -2.34. The number of hydrogen-bond acceptors (Lipinski definition) is 5. The van der Waals surface area contributed by atoms with Crippen molar-refractivity contribution >= 4 is 21.7 Å². The zero-order valence-corrected chi connectivity index (χ0v) is 14.9. The normalized spacial score (nSPS) is 22.3. The van der Waals surface area contributed by atoms with E-state index in [9.17, 15) is 18.0 Å². The average molecular weight is 357 g/mol. The minimum Gasteiger partial charge on any atom is -0.373 e. The number of sulfonamides is 1. The number of Topliss-reactive ketones (excluding diaryl/α,β-unsaturated/α-hetero) is 1. The summed E-state index contributed by atoms with van der Waals surface area (Å²) < 4.78 is 31.6. The molecule has 0 aromatic carbocycles. The first-order valence-electron chi connectivity index (χ1n) is 7.80. The fourth-order valence-electron chi connectivity index (χ4n) is 2.60. The predicted octanol–water partition coefficient (Wildman–Crippen LogP) is 0.386. The molecule has 0 bridgehead atoms. The lowest BCUT2D eigenvalue weighted by Crippen LogP contribution is -2.49. The summed E-state index contributed by atoms with van der Waals surface area (Å²) in [6.07, 6.45) is 1.15. The molecule has 2 heterocycles. The van der Waals surface area contributed by atoms with Gasteiger partial charge < -0.3 is 15.0 Å². The van der Waals surface area contributed by atoms with Gasteiger partial charge >= 0.3 is 0 Å². The van der Waals surface area contributed by atoms with Gasteiger partial charge in [0.25, 0.3) is 5.91 Å². The number of morpholine rings is 1. The van der Waals surface area contributed by atoms with Crippen LogP contribution in [-0.4, -0.2) is 67.0 Å². The number of amides is 1. The molecule has 2 N–H and O–H groups in total. The number of H-pyrrole nitrogens is 1. The van der Waals surface area contributed by atoms with E-state index in [0.29, 0.717) is 18.7 Å². The number of nitrogens with zero attached hydrogens (tertiary/aromatic N) is 1. The van der Waals surface area contributed by atoms with E-state index in [1.54, 1.807) is 0 Å². The van der Waals surface area contributed by atoms with E-state index in [2.05, 4.69) is 10.3 Å². The second-order valence-corrected chi connectivity index (χ2v) is 8.09. The molecule has 1 aromatic rings. The first-order valence-corrected chi connectivity index (χ1v) is 9.41. The van der Waals surface area contributed by atoms with Crippen molar-refractivity contribution in [2.75, 3.05) is 25.4 Å². The molecule has 1 aromatic heterocycles. The van der Waals surface area contributed by atoms with Gasteiger partial charge in [0.05, 0.1) is 18.0 Å². The van der Waals surface area contributed by atoms with Crippen molar-refractivity contribution in [3.63, 3.8) is 0 Å². The van der Waals surface area contributed by atoms with Gasteiger partial charge in [0.15, 0.2) is 5.78 Å². The first-order chi connectivity index (χ1) is 11.2. The number of nitrogens with one attached hydrogen (secondary N) is 2. The molecule has 2 atom stereocenters. The van der Waals surface area contributed by atoms with E-state index in [1.807, 2.05) is 13.8 Å². The lowest BCUT2D eigenvalue weighted by atomic mass is 10.2. The standard InChI is InChI=1S/C15H23N3O5S/c1-10-8-18(9-11(2)23-10)24(21,22)5-4-16-15(20)14-6-13(7-17-14)12(3)19/h6-7,10-11,17H,4-5,8-9H2,1-3H3,(H,16,20). The van der Waals surface area contributed by atoms with Crippen molar-refractivity contribution in [3.05, 3.63) is 23.5 Å². The van der Waals surface area contributed by atoms with Crippen LogP contribution < -0.4 is 5.32 Å². The van der Waals surface area contributed by atoms with Crippen LogP contribution >= 0.6 is 0 Å². The number of ether oxygens (including phenoxy) is 1. The van der Waals surface area contributed by atoms with Gasteiger partial charge in [-0.05, 0) is 26.8 Å². The minimum atomic E-state index is -3.46. The highest BCUT2D eigenvalue weighted by Crippen LogP contribution is 2.14. The fraction of sp³-hybridized carbons (Fsp3) is 0.600. The molecule has 0 aliphatic carbocycles. The van der Waals surface area contributed by atoms with Crippen LogP contribution in [-0.2, 0) is 14.8 Å². The van der Waals surface area contributed by atoms with E-state index in [1.165, 1.54) is 23.5 Å². The fourth-order valence-corrected chi connectivity index (χ4v) is 4.10. The molecule has 2 rings (SSSR count). The van der Waals surface area contributed by atoms with Crippen LogP contribution in [0.5, 0.6) is 0 Å². The SMILES string of the molecule is CC(=O)c1c[nH]c(C(=O)NCCS(=O)(=O)N2CC(C)OC(C)C2)c1. The summed E-state index contributed by atoms with van der Waals surface area (Å²) in [5.41, 5.74) is 0.635. The highest BCUT2D eigenvalue weighted by atomic mass is 32.2. The third-order valence-corrected chi connectivity index (χ3v) is 5.56. The van der Waals surface area contributed by atoms with Crippen molar-refractivity contribution < 1.29 is 22.7 Å². The monoisotopic (exact) mass is 357 g/mol. The molecule has 1 saturated heterocycles. The lowest BCUT2D eigenvalue weighted by molar-refractivity contribution is -0.0440. The Labute approximate surface area is 141 Å². The molecule has 134 valence electrons. The van der Waals surface area contributed by atoms with Crippen molar-refractivity contribution in [2.45, 2.75) is 33.0 Å². The second kappa shape index (κ2) is 7.45. The summed E-state index contributed by atoms with van der Waals surface area (Å²) >= 11 is 0. The Bertz CT molecular complexity index is 702. The number of rotatable bonds is 6. The summed E-state index contributed by atoms with van der Waals surface area (Å²) in [6, 6.07) is 1.44. The molecule has 8 nitrogen and oxygen atoms in total. The van der Waals surface area contributed by atoms with Gasteiger partial charge in [-0.1, -0.05) is 0 Å². The van der Waals surface area contributed by atoms with E-state index in [-0.39, 0.29) is 36.0 Å². The van der Waals surface area contributed by atoms with Gasteiger partial charge in [0.1, 0.15) is 5.69 Å². The third-order valence-electron chi connectivity index (χ3n) is 3.76. The summed E-state index contributed by atoms with van der Waals surface area (Å²) in [6.45, 7) is 5.70. The van der Waals surface area contributed by atoms with E-state index >= 15 is 0 Å². The Balaban J connectivity index is 1.88. The van der Waals surface area contributed by atoms with Crippen LogP contribution in [0.2, 0.25) is 0 Å². The third kappa shape index (κ3) is 4.65. The molecular formula is C15H23N3O5S. The van der Waals surface area contributed by atoms with Crippen LogP contribution in [0.15, 0.2) is 12.3 Å².